The summed E-state index contributed by atoms with van der Waals surface area (Å²) in [6, 6.07) is 7.63. The van der Waals surface area contributed by atoms with Gasteiger partial charge in [0.1, 0.15) is 12.4 Å². The molecule has 20 heavy (non-hydrogen) atoms. The van der Waals surface area contributed by atoms with E-state index in [0.717, 1.165) is 17.0 Å². The number of hydrogen-bond acceptors (Lipinski definition) is 6. The van der Waals surface area contributed by atoms with Gasteiger partial charge in [0.15, 0.2) is 11.6 Å². The highest BCUT2D eigenvalue weighted by Crippen LogP contribution is 2.23. The first-order valence-corrected chi connectivity index (χ1v) is 6.07. The minimum Gasteiger partial charge on any atom is -0.377 e. The molecule has 0 spiro atoms. The third kappa shape index (κ3) is 2.43. The van der Waals surface area contributed by atoms with Crippen molar-refractivity contribution in [2.45, 2.75) is 13.5 Å². The smallest absolute Gasteiger partial charge is 0.258 e. The molecule has 7 heteroatoms. The molecule has 1 aromatic carbocycles. The molecule has 0 radical (unpaired) electrons. The molecule has 2 aromatic heterocycles. The van der Waals surface area contributed by atoms with E-state index in [1.165, 1.54) is 0 Å². The number of aromatic amines is 1. The van der Waals surface area contributed by atoms with Gasteiger partial charge in [-0.15, -0.1) is 0 Å². The first kappa shape index (κ1) is 12.5. The average Bonchev–Trinajstić information content (AvgIpc) is 3.09. The van der Waals surface area contributed by atoms with Crippen LogP contribution in [0, 0.1) is 6.92 Å². The van der Waals surface area contributed by atoms with E-state index < -0.39 is 0 Å². The van der Waals surface area contributed by atoms with Crippen LogP contribution in [0.5, 0.6) is 0 Å². The maximum Gasteiger partial charge on any atom is 0.258 e. The minimum absolute atomic E-state index is 0.323. The number of nitrogens with zero attached hydrogens (tertiary/aromatic N) is 4. The molecular formula is C13H13N5O2. The predicted molar refractivity (Wildman–Crippen MR) is 70.6 cm³/mol. The Morgan fingerprint density at radius 3 is 2.85 bits per heavy atom. The van der Waals surface area contributed by atoms with E-state index in [1.807, 2.05) is 31.2 Å². The van der Waals surface area contributed by atoms with Crippen LogP contribution in [0.3, 0.4) is 0 Å². The van der Waals surface area contributed by atoms with Crippen molar-refractivity contribution in [3.8, 4) is 22.8 Å². The standard InChI is InChI=1S/C13H13N5O2/c1-8-14-12(17-16-8)9-4-3-5-10(6-9)13-15-11(7-19-2)18-20-13/h3-6H,7H2,1-2H3,(H,14,16,17). The van der Waals surface area contributed by atoms with Crippen molar-refractivity contribution in [3.63, 3.8) is 0 Å². The minimum atomic E-state index is 0.323. The lowest BCUT2D eigenvalue weighted by atomic mass is 10.1. The van der Waals surface area contributed by atoms with Gasteiger partial charge < -0.3 is 9.26 Å². The second kappa shape index (κ2) is 5.22. The fraction of sp³-hybridized carbons (Fsp3) is 0.231. The van der Waals surface area contributed by atoms with E-state index in [4.69, 9.17) is 9.26 Å². The first-order valence-electron chi connectivity index (χ1n) is 6.07. The molecule has 0 amide bonds. The molecule has 3 rings (SSSR count). The third-order valence-electron chi connectivity index (χ3n) is 2.71. The van der Waals surface area contributed by atoms with Gasteiger partial charge in [-0.05, 0) is 19.1 Å². The van der Waals surface area contributed by atoms with Gasteiger partial charge in [-0.1, -0.05) is 17.3 Å². The Bertz CT molecular complexity index is 719. The topological polar surface area (TPSA) is 89.7 Å². The molecule has 0 atom stereocenters. The number of hydrogen-bond donors (Lipinski definition) is 1. The Hall–Kier alpha value is -2.54. The molecule has 2 heterocycles. The van der Waals surface area contributed by atoms with Gasteiger partial charge in [0.05, 0.1) is 0 Å². The van der Waals surface area contributed by atoms with Gasteiger partial charge in [0, 0.05) is 18.2 Å². The molecule has 0 aliphatic rings. The Balaban J connectivity index is 1.94. The van der Waals surface area contributed by atoms with E-state index in [-0.39, 0.29) is 0 Å². The second-order valence-electron chi connectivity index (χ2n) is 4.27. The number of ether oxygens (including phenoxy) is 1. The van der Waals surface area contributed by atoms with Crippen molar-refractivity contribution in [2.75, 3.05) is 7.11 Å². The van der Waals surface area contributed by atoms with Crippen LogP contribution in [0.1, 0.15) is 11.6 Å². The van der Waals surface area contributed by atoms with Crippen LogP contribution in [-0.4, -0.2) is 32.4 Å². The molecule has 0 aliphatic carbocycles. The lowest BCUT2D eigenvalue weighted by Gasteiger charge is -1.97. The fourth-order valence-corrected chi connectivity index (χ4v) is 1.82. The van der Waals surface area contributed by atoms with Crippen LogP contribution in [0.15, 0.2) is 28.8 Å². The van der Waals surface area contributed by atoms with Gasteiger partial charge in [0.2, 0.25) is 0 Å². The van der Waals surface area contributed by atoms with Crippen LogP contribution in [0.25, 0.3) is 22.8 Å². The molecule has 102 valence electrons. The number of rotatable bonds is 4. The molecule has 7 nitrogen and oxygen atoms in total. The molecule has 0 unspecified atom stereocenters. The number of aromatic nitrogens is 5. The summed E-state index contributed by atoms with van der Waals surface area (Å²) >= 11 is 0. The Morgan fingerprint density at radius 1 is 1.25 bits per heavy atom. The van der Waals surface area contributed by atoms with E-state index in [9.17, 15) is 0 Å². The zero-order valence-corrected chi connectivity index (χ0v) is 11.1. The lowest BCUT2D eigenvalue weighted by Crippen LogP contribution is -1.89. The Kier molecular flexibility index (Phi) is 3.26. The maximum absolute atomic E-state index is 5.21. The summed E-state index contributed by atoms with van der Waals surface area (Å²) in [5.74, 6) is 2.37. The summed E-state index contributed by atoms with van der Waals surface area (Å²) in [5, 5.41) is 10.8. The summed E-state index contributed by atoms with van der Waals surface area (Å²) in [6.45, 7) is 2.18. The van der Waals surface area contributed by atoms with Crippen molar-refractivity contribution >= 4 is 0 Å². The van der Waals surface area contributed by atoms with Crippen molar-refractivity contribution in [1.29, 1.82) is 0 Å². The van der Waals surface area contributed by atoms with Gasteiger partial charge >= 0.3 is 0 Å². The largest absolute Gasteiger partial charge is 0.377 e. The van der Waals surface area contributed by atoms with Gasteiger partial charge in [-0.25, -0.2) is 4.98 Å². The highest BCUT2D eigenvalue weighted by Gasteiger charge is 2.11. The van der Waals surface area contributed by atoms with Crippen LogP contribution in [-0.2, 0) is 11.3 Å². The van der Waals surface area contributed by atoms with E-state index in [2.05, 4.69) is 25.3 Å². The maximum atomic E-state index is 5.21. The SMILES string of the molecule is COCc1noc(-c2cccc(-c3n[nH]c(C)n3)c2)n1. The van der Waals surface area contributed by atoms with Crippen LogP contribution in [0.2, 0.25) is 0 Å². The zero-order valence-electron chi connectivity index (χ0n) is 11.1. The highest BCUT2D eigenvalue weighted by molar-refractivity contribution is 5.64. The Morgan fingerprint density at radius 2 is 2.10 bits per heavy atom. The molecule has 1 N–H and O–H groups in total. The normalized spacial score (nSPS) is 10.9. The molecular weight excluding hydrogens is 258 g/mol. The summed E-state index contributed by atoms with van der Waals surface area (Å²) in [5.41, 5.74) is 1.71. The highest BCUT2D eigenvalue weighted by atomic mass is 16.5. The van der Waals surface area contributed by atoms with Crippen molar-refractivity contribution in [3.05, 3.63) is 35.9 Å². The van der Waals surface area contributed by atoms with Gasteiger partial charge in [-0.3, -0.25) is 5.10 Å². The van der Waals surface area contributed by atoms with Crippen molar-refractivity contribution in [2.24, 2.45) is 0 Å². The second-order valence-corrected chi connectivity index (χ2v) is 4.27. The number of aryl methyl sites for hydroxylation is 1. The van der Waals surface area contributed by atoms with E-state index >= 15 is 0 Å². The average molecular weight is 271 g/mol. The van der Waals surface area contributed by atoms with Crippen LogP contribution < -0.4 is 0 Å². The van der Waals surface area contributed by atoms with Crippen LogP contribution >= 0.6 is 0 Å². The lowest BCUT2D eigenvalue weighted by molar-refractivity contribution is 0.174. The third-order valence-corrected chi connectivity index (χ3v) is 2.71. The quantitative estimate of drug-likeness (QED) is 0.780. The molecule has 0 fully saturated rings. The van der Waals surface area contributed by atoms with Gasteiger partial charge in [0.25, 0.3) is 5.89 Å². The monoisotopic (exact) mass is 271 g/mol. The van der Waals surface area contributed by atoms with Crippen molar-refractivity contribution < 1.29 is 9.26 Å². The molecule has 0 saturated heterocycles. The summed E-state index contributed by atoms with van der Waals surface area (Å²) in [6.07, 6.45) is 0. The molecule has 0 bridgehead atoms. The summed E-state index contributed by atoms with van der Waals surface area (Å²) in [4.78, 5) is 8.56. The predicted octanol–water partition coefficient (Wildman–Crippen LogP) is 1.98. The summed E-state index contributed by atoms with van der Waals surface area (Å²) < 4.78 is 10.2. The molecule has 3 aromatic rings. The molecule has 0 saturated carbocycles. The zero-order chi connectivity index (χ0) is 13.9. The Labute approximate surface area is 115 Å². The van der Waals surface area contributed by atoms with E-state index in [1.54, 1.807) is 7.11 Å². The number of methoxy groups -OCH3 is 1. The molecule has 0 aliphatic heterocycles. The first-order chi connectivity index (χ1) is 9.76. The van der Waals surface area contributed by atoms with Crippen LogP contribution in [0.4, 0.5) is 0 Å². The van der Waals surface area contributed by atoms with Crippen molar-refractivity contribution in [1.82, 2.24) is 25.3 Å². The fourth-order valence-electron chi connectivity index (χ4n) is 1.82. The van der Waals surface area contributed by atoms with E-state index in [0.29, 0.717) is 24.1 Å². The number of H-pyrrole nitrogens is 1. The summed E-state index contributed by atoms with van der Waals surface area (Å²) in [7, 11) is 1.59. The number of nitrogens with one attached hydrogen (secondary N) is 1. The number of benzene rings is 1. The van der Waals surface area contributed by atoms with Gasteiger partial charge in [-0.2, -0.15) is 10.1 Å².